The van der Waals surface area contributed by atoms with Crippen LogP contribution in [0.1, 0.15) is 23.1 Å². The average molecular weight is 410 g/mol. The third-order valence-corrected chi connectivity index (χ3v) is 4.86. The van der Waals surface area contributed by atoms with Crippen molar-refractivity contribution in [1.82, 2.24) is 19.7 Å². The van der Waals surface area contributed by atoms with Crippen molar-refractivity contribution < 1.29 is 9.53 Å². The van der Waals surface area contributed by atoms with Crippen molar-refractivity contribution in [2.24, 2.45) is 0 Å². The predicted molar refractivity (Wildman–Crippen MR) is 113 cm³/mol. The van der Waals surface area contributed by atoms with Crippen LogP contribution in [0, 0.1) is 0 Å². The maximum atomic E-state index is 12.8. The molecule has 0 unspecified atom stereocenters. The van der Waals surface area contributed by atoms with E-state index in [9.17, 15) is 4.79 Å². The number of anilines is 1. The van der Waals surface area contributed by atoms with E-state index in [0.717, 1.165) is 16.7 Å². The van der Waals surface area contributed by atoms with E-state index in [1.807, 2.05) is 60.2 Å². The molecular formula is C21H20ClN5O2. The van der Waals surface area contributed by atoms with Gasteiger partial charge in [-0.3, -0.25) is 15.2 Å². The van der Waals surface area contributed by atoms with Gasteiger partial charge in [0.15, 0.2) is 0 Å². The zero-order valence-electron chi connectivity index (χ0n) is 15.9. The molecule has 0 saturated carbocycles. The molecule has 0 saturated heterocycles. The van der Waals surface area contributed by atoms with Crippen molar-refractivity contribution in [1.29, 1.82) is 0 Å². The summed E-state index contributed by atoms with van der Waals surface area (Å²) in [5.74, 6) is 1.37. The number of amides is 1. The number of para-hydroxylation sites is 2. The van der Waals surface area contributed by atoms with Gasteiger partial charge in [0.05, 0.1) is 17.1 Å². The molecule has 0 aliphatic carbocycles. The number of halogens is 1. The van der Waals surface area contributed by atoms with Crippen molar-refractivity contribution in [3.05, 3.63) is 71.1 Å². The minimum Gasteiger partial charge on any atom is -0.490 e. The van der Waals surface area contributed by atoms with Crippen LogP contribution in [0.15, 0.2) is 54.7 Å². The monoisotopic (exact) mass is 409 g/mol. The number of fused-ring (bicyclic) bond motifs is 1. The van der Waals surface area contributed by atoms with E-state index in [-0.39, 0.29) is 11.9 Å². The molecule has 29 heavy (non-hydrogen) atoms. The number of carbonyl (C=O) groups excluding carboxylic acids is 1. The highest BCUT2D eigenvalue weighted by Crippen LogP contribution is 2.24. The first kappa shape index (κ1) is 19.0. The smallest absolute Gasteiger partial charge is 0.260 e. The normalized spacial score (nSPS) is 11.0. The Labute approximate surface area is 172 Å². The summed E-state index contributed by atoms with van der Waals surface area (Å²) in [6, 6.07) is 15.1. The molecule has 4 rings (SSSR count). The van der Waals surface area contributed by atoms with E-state index >= 15 is 0 Å². The highest BCUT2D eigenvalue weighted by atomic mass is 35.5. The first-order chi connectivity index (χ1) is 14.2. The van der Waals surface area contributed by atoms with Gasteiger partial charge in [0, 0.05) is 23.5 Å². The first-order valence-corrected chi connectivity index (χ1v) is 9.71. The standard InChI is InChI=1S/C21H20ClN5O2/c1-2-19-23-21(26-25-19)24-20(28)15-13-27(17-9-5-3-7-14(15)17)11-12-29-18-10-6-4-8-16(18)22/h3-10,13H,2,11-12H2,1H3,(H2,23,24,25,26,28). The molecule has 8 heteroatoms. The van der Waals surface area contributed by atoms with Gasteiger partial charge in [-0.25, -0.2) is 0 Å². The van der Waals surface area contributed by atoms with Gasteiger partial charge < -0.3 is 9.30 Å². The highest BCUT2D eigenvalue weighted by molar-refractivity contribution is 6.32. The molecule has 4 aromatic rings. The fourth-order valence-corrected chi connectivity index (χ4v) is 3.30. The number of ether oxygens (including phenoxy) is 1. The van der Waals surface area contributed by atoms with E-state index < -0.39 is 0 Å². The van der Waals surface area contributed by atoms with Crippen LogP contribution in [0.4, 0.5) is 5.95 Å². The van der Waals surface area contributed by atoms with Crippen LogP contribution >= 0.6 is 11.6 Å². The molecule has 0 atom stereocenters. The molecule has 2 heterocycles. The van der Waals surface area contributed by atoms with Crippen LogP contribution in [-0.2, 0) is 13.0 Å². The second-order valence-corrected chi connectivity index (χ2v) is 6.85. The number of aromatic amines is 1. The van der Waals surface area contributed by atoms with Crippen molar-refractivity contribution in [2.45, 2.75) is 19.9 Å². The van der Waals surface area contributed by atoms with Crippen LogP contribution in [0.25, 0.3) is 10.9 Å². The molecule has 2 aromatic heterocycles. The van der Waals surface area contributed by atoms with Crippen molar-refractivity contribution >= 4 is 34.4 Å². The molecular weight excluding hydrogens is 390 g/mol. The predicted octanol–water partition coefficient (Wildman–Crippen LogP) is 4.31. The van der Waals surface area contributed by atoms with Gasteiger partial charge in [0.2, 0.25) is 5.95 Å². The highest BCUT2D eigenvalue weighted by Gasteiger charge is 2.16. The number of nitrogens with one attached hydrogen (secondary N) is 2. The van der Waals surface area contributed by atoms with Crippen molar-refractivity contribution in [3.63, 3.8) is 0 Å². The summed E-state index contributed by atoms with van der Waals surface area (Å²) in [6.45, 7) is 2.95. The van der Waals surface area contributed by atoms with E-state index in [4.69, 9.17) is 16.3 Å². The largest absolute Gasteiger partial charge is 0.490 e. The van der Waals surface area contributed by atoms with E-state index in [1.54, 1.807) is 6.07 Å². The van der Waals surface area contributed by atoms with Crippen LogP contribution in [0.2, 0.25) is 5.02 Å². The number of hydrogen-bond acceptors (Lipinski definition) is 4. The lowest BCUT2D eigenvalue weighted by atomic mass is 10.1. The topological polar surface area (TPSA) is 84.8 Å². The van der Waals surface area contributed by atoms with Crippen LogP contribution in [0.3, 0.4) is 0 Å². The van der Waals surface area contributed by atoms with Gasteiger partial charge in [-0.15, -0.1) is 5.10 Å². The van der Waals surface area contributed by atoms with Crippen LogP contribution in [-0.4, -0.2) is 32.3 Å². The number of hydrogen-bond donors (Lipinski definition) is 2. The Kier molecular flexibility index (Phi) is 5.48. The minimum atomic E-state index is -0.256. The lowest BCUT2D eigenvalue weighted by Crippen LogP contribution is -2.13. The van der Waals surface area contributed by atoms with Gasteiger partial charge in [-0.2, -0.15) is 4.98 Å². The fraction of sp³-hybridized carbons (Fsp3) is 0.190. The van der Waals surface area contributed by atoms with Gasteiger partial charge in [0.25, 0.3) is 5.91 Å². The second-order valence-electron chi connectivity index (χ2n) is 6.45. The Morgan fingerprint density at radius 1 is 1.21 bits per heavy atom. The second kappa shape index (κ2) is 8.36. The molecule has 2 N–H and O–H groups in total. The van der Waals surface area contributed by atoms with Crippen molar-refractivity contribution in [2.75, 3.05) is 11.9 Å². The fourth-order valence-electron chi connectivity index (χ4n) is 3.11. The summed E-state index contributed by atoms with van der Waals surface area (Å²) in [7, 11) is 0. The third-order valence-electron chi connectivity index (χ3n) is 4.55. The minimum absolute atomic E-state index is 0.256. The molecule has 2 aromatic carbocycles. The number of nitrogens with zero attached hydrogens (tertiary/aromatic N) is 3. The maximum absolute atomic E-state index is 12.8. The number of carbonyl (C=O) groups is 1. The van der Waals surface area contributed by atoms with Gasteiger partial charge in [-0.05, 0) is 18.2 Å². The number of aromatic nitrogens is 4. The van der Waals surface area contributed by atoms with E-state index in [1.165, 1.54) is 0 Å². The lowest BCUT2D eigenvalue weighted by molar-refractivity contribution is 0.102. The quantitative estimate of drug-likeness (QED) is 0.476. The molecule has 0 aliphatic heterocycles. The summed E-state index contributed by atoms with van der Waals surface area (Å²) >= 11 is 6.14. The Bertz CT molecular complexity index is 1150. The summed E-state index contributed by atoms with van der Waals surface area (Å²) in [5.41, 5.74) is 1.51. The third kappa shape index (κ3) is 4.09. The Balaban J connectivity index is 1.53. The maximum Gasteiger partial charge on any atom is 0.260 e. The molecule has 7 nitrogen and oxygen atoms in total. The first-order valence-electron chi connectivity index (χ1n) is 9.33. The van der Waals surface area contributed by atoms with Crippen LogP contribution < -0.4 is 10.1 Å². The van der Waals surface area contributed by atoms with E-state index in [2.05, 4.69) is 20.5 Å². The summed E-state index contributed by atoms with van der Waals surface area (Å²) in [5, 5.41) is 11.0. The Morgan fingerprint density at radius 3 is 2.79 bits per heavy atom. The number of rotatable bonds is 7. The van der Waals surface area contributed by atoms with Crippen LogP contribution in [0.5, 0.6) is 5.75 Å². The Morgan fingerprint density at radius 2 is 2.00 bits per heavy atom. The SMILES string of the molecule is CCc1nc(NC(=O)c2cn(CCOc3ccccc3Cl)c3ccccc23)n[nH]1. The molecule has 0 fully saturated rings. The number of H-pyrrole nitrogens is 1. The lowest BCUT2D eigenvalue weighted by Gasteiger charge is -2.09. The molecule has 0 radical (unpaired) electrons. The molecule has 148 valence electrons. The summed E-state index contributed by atoms with van der Waals surface area (Å²) in [6.07, 6.45) is 2.54. The van der Waals surface area contributed by atoms with E-state index in [0.29, 0.717) is 35.9 Å². The van der Waals surface area contributed by atoms with Gasteiger partial charge >= 0.3 is 0 Å². The van der Waals surface area contributed by atoms with Crippen molar-refractivity contribution in [3.8, 4) is 5.75 Å². The zero-order valence-corrected chi connectivity index (χ0v) is 16.6. The number of aryl methyl sites for hydroxylation is 1. The molecule has 0 bridgehead atoms. The van der Waals surface area contributed by atoms with Gasteiger partial charge in [-0.1, -0.05) is 48.9 Å². The van der Waals surface area contributed by atoms with Gasteiger partial charge in [0.1, 0.15) is 18.2 Å². The molecule has 1 amide bonds. The molecule has 0 aliphatic rings. The molecule has 0 spiro atoms. The average Bonchev–Trinajstić information content (AvgIpc) is 3.34. The summed E-state index contributed by atoms with van der Waals surface area (Å²) in [4.78, 5) is 17.0. The summed E-state index contributed by atoms with van der Waals surface area (Å²) < 4.78 is 7.79. The number of benzene rings is 2. The Hall–Kier alpha value is -3.32. The zero-order chi connectivity index (χ0) is 20.2.